The molecule has 7 nitrogen and oxygen atoms in total. The number of esters is 1. The van der Waals surface area contributed by atoms with Crippen molar-refractivity contribution in [3.8, 4) is 10.6 Å². The van der Waals surface area contributed by atoms with Gasteiger partial charge in [0.15, 0.2) is 12.3 Å². The first-order valence-corrected chi connectivity index (χ1v) is 9.83. The van der Waals surface area contributed by atoms with Crippen LogP contribution in [0.5, 0.6) is 0 Å². The molecule has 28 heavy (non-hydrogen) atoms. The molecule has 10 heteroatoms. The standard InChI is InChI=1S/C18H16Cl2N4O3S/c1-10(11-3-4-13(19)14(20)5-11)22-16(25)8-27-18(26)15-9-28-17(23-15)12-6-21-24(2)7-12/h3-7,9-10H,8H2,1-2H3,(H,22,25). The van der Waals surface area contributed by atoms with Gasteiger partial charge in [-0.2, -0.15) is 5.10 Å². The summed E-state index contributed by atoms with van der Waals surface area (Å²) >= 11 is 13.2. The molecule has 1 amide bonds. The normalized spacial score (nSPS) is 11.9. The SMILES string of the molecule is CC(NC(=O)COC(=O)c1csc(-c2cnn(C)c2)n1)c1ccc(Cl)c(Cl)c1. The predicted octanol–water partition coefficient (Wildman–Crippen LogP) is 3.88. The van der Waals surface area contributed by atoms with Gasteiger partial charge in [0.2, 0.25) is 0 Å². The summed E-state index contributed by atoms with van der Waals surface area (Å²) in [6, 6.07) is 4.78. The van der Waals surface area contributed by atoms with Crippen molar-refractivity contribution < 1.29 is 14.3 Å². The van der Waals surface area contributed by atoms with Crippen LogP contribution >= 0.6 is 34.5 Å². The third-order valence-electron chi connectivity index (χ3n) is 3.82. The van der Waals surface area contributed by atoms with Crippen LogP contribution in [0.25, 0.3) is 10.6 Å². The average molecular weight is 439 g/mol. The highest BCUT2D eigenvalue weighted by Crippen LogP contribution is 2.25. The molecular formula is C18H16Cl2N4O3S. The van der Waals surface area contributed by atoms with Gasteiger partial charge < -0.3 is 10.1 Å². The predicted molar refractivity (Wildman–Crippen MR) is 108 cm³/mol. The monoisotopic (exact) mass is 438 g/mol. The highest BCUT2D eigenvalue weighted by Gasteiger charge is 2.17. The van der Waals surface area contributed by atoms with Crippen LogP contribution in [-0.2, 0) is 16.6 Å². The van der Waals surface area contributed by atoms with Crippen molar-refractivity contribution >= 4 is 46.4 Å². The van der Waals surface area contributed by atoms with Gasteiger partial charge in [-0.05, 0) is 24.6 Å². The fourth-order valence-electron chi connectivity index (χ4n) is 2.38. The molecule has 2 aromatic heterocycles. The maximum Gasteiger partial charge on any atom is 0.358 e. The van der Waals surface area contributed by atoms with Crippen molar-refractivity contribution in [1.82, 2.24) is 20.1 Å². The van der Waals surface area contributed by atoms with Crippen LogP contribution in [0.3, 0.4) is 0 Å². The van der Waals surface area contributed by atoms with Crippen LogP contribution in [0.1, 0.15) is 29.0 Å². The van der Waals surface area contributed by atoms with E-state index >= 15 is 0 Å². The Morgan fingerprint density at radius 3 is 2.79 bits per heavy atom. The summed E-state index contributed by atoms with van der Waals surface area (Å²) in [6.45, 7) is 1.38. The molecule has 1 N–H and O–H groups in total. The summed E-state index contributed by atoms with van der Waals surface area (Å²) in [4.78, 5) is 28.4. The number of benzene rings is 1. The van der Waals surface area contributed by atoms with E-state index in [-0.39, 0.29) is 11.7 Å². The number of ether oxygens (including phenoxy) is 1. The largest absolute Gasteiger partial charge is 0.451 e. The number of aryl methyl sites for hydroxylation is 1. The van der Waals surface area contributed by atoms with Crippen LogP contribution in [0.4, 0.5) is 0 Å². The highest BCUT2D eigenvalue weighted by atomic mass is 35.5. The summed E-state index contributed by atoms with van der Waals surface area (Å²) in [7, 11) is 1.80. The van der Waals surface area contributed by atoms with Crippen LogP contribution in [-0.4, -0.2) is 33.2 Å². The Labute approximate surface area is 175 Å². The Morgan fingerprint density at radius 2 is 2.11 bits per heavy atom. The second-order valence-electron chi connectivity index (χ2n) is 5.98. The lowest BCUT2D eigenvalue weighted by Gasteiger charge is -2.15. The first kappa shape index (κ1) is 20.3. The summed E-state index contributed by atoms with van der Waals surface area (Å²) < 4.78 is 6.70. The molecule has 146 valence electrons. The number of rotatable bonds is 6. The summed E-state index contributed by atoms with van der Waals surface area (Å²) in [5, 5.41) is 9.88. The van der Waals surface area contributed by atoms with Crippen molar-refractivity contribution in [3.63, 3.8) is 0 Å². The van der Waals surface area contributed by atoms with E-state index in [1.165, 1.54) is 11.3 Å². The van der Waals surface area contributed by atoms with E-state index in [9.17, 15) is 9.59 Å². The number of halogens is 2. The Balaban J connectivity index is 1.53. The number of hydrogen-bond donors (Lipinski definition) is 1. The molecule has 1 atom stereocenters. The third kappa shape index (κ3) is 4.89. The minimum Gasteiger partial charge on any atom is -0.451 e. The molecule has 0 aliphatic rings. The van der Waals surface area contributed by atoms with Gasteiger partial charge in [0.05, 0.1) is 22.3 Å². The summed E-state index contributed by atoms with van der Waals surface area (Å²) in [5.41, 5.74) is 1.74. The van der Waals surface area contributed by atoms with Crippen LogP contribution in [0, 0.1) is 0 Å². The van der Waals surface area contributed by atoms with Gasteiger partial charge >= 0.3 is 5.97 Å². The summed E-state index contributed by atoms with van der Waals surface area (Å²) in [6.07, 6.45) is 3.46. The number of nitrogens with one attached hydrogen (secondary N) is 1. The molecule has 0 saturated heterocycles. The van der Waals surface area contributed by atoms with Crippen molar-refractivity contribution in [2.45, 2.75) is 13.0 Å². The van der Waals surface area contributed by atoms with Gasteiger partial charge in [0.25, 0.3) is 5.91 Å². The molecule has 0 fully saturated rings. The highest BCUT2D eigenvalue weighted by molar-refractivity contribution is 7.13. The zero-order valence-corrected chi connectivity index (χ0v) is 17.3. The molecule has 0 saturated carbocycles. The van der Waals surface area contributed by atoms with Gasteiger partial charge in [-0.15, -0.1) is 11.3 Å². The number of aromatic nitrogens is 3. The molecule has 0 aliphatic carbocycles. The van der Waals surface area contributed by atoms with E-state index in [4.69, 9.17) is 27.9 Å². The van der Waals surface area contributed by atoms with E-state index in [1.54, 1.807) is 54.6 Å². The van der Waals surface area contributed by atoms with E-state index < -0.39 is 18.5 Å². The van der Waals surface area contributed by atoms with Gasteiger partial charge in [-0.1, -0.05) is 29.3 Å². The van der Waals surface area contributed by atoms with Crippen molar-refractivity contribution in [1.29, 1.82) is 0 Å². The summed E-state index contributed by atoms with van der Waals surface area (Å²) in [5.74, 6) is -1.10. The molecule has 2 heterocycles. The lowest BCUT2D eigenvalue weighted by atomic mass is 10.1. The fourth-order valence-corrected chi connectivity index (χ4v) is 3.46. The number of amides is 1. The molecule has 1 aromatic carbocycles. The Bertz CT molecular complexity index is 1020. The Hall–Kier alpha value is -2.42. The Morgan fingerprint density at radius 1 is 1.32 bits per heavy atom. The second-order valence-corrected chi connectivity index (χ2v) is 7.65. The lowest BCUT2D eigenvalue weighted by Crippen LogP contribution is -2.31. The van der Waals surface area contributed by atoms with Gasteiger partial charge in [-0.3, -0.25) is 9.48 Å². The van der Waals surface area contributed by atoms with Crippen LogP contribution in [0.15, 0.2) is 36.0 Å². The third-order valence-corrected chi connectivity index (χ3v) is 5.45. The maximum atomic E-state index is 12.1. The topological polar surface area (TPSA) is 86.1 Å². The number of nitrogens with zero attached hydrogens (tertiary/aromatic N) is 3. The van der Waals surface area contributed by atoms with E-state index in [2.05, 4.69) is 15.4 Å². The van der Waals surface area contributed by atoms with Crippen molar-refractivity contribution in [2.24, 2.45) is 7.05 Å². The molecule has 1 unspecified atom stereocenters. The molecule has 0 radical (unpaired) electrons. The first-order valence-electron chi connectivity index (χ1n) is 8.19. The van der Waals surface area contributed by atoms with Crippen LogP contribution in [0.2, 0.25) is 10.0 Å². The lowest BCUT2D eigenvalue weighted by molar-refractivity contribution is -0.124. The molecule has 0 aliphatic heterocycles. The quantitative estimate of drug-likeness (QED) is 0.589. The zero-order valence-electron chi connectivity index (χ0n) is 15.0. The molecule has 0 spiro atoms. The number of thiazole rings is 1. The van der Waals surface area contributed by atoms with Crippen molar-refractivity contribution in [2.75, 3.05) is 6.61 Å². The second kappa shape index (κ2) is 8.72. The van der Waals surface area contributed by atoms with E-state index in [0.717, 1.165) is 11.1 Å². The van der Waals surface area contributed by atoms with Gasteiger partial charge in [0.1, 0.15) is 5.01 Å². The molecular weight excluding hydrogens is 423 g/mol. The molecule has 3 aromatic rings. The Kier molecular flexibility index (Phi) is 6.33. The van der Waals surface area contributed by atoms with E-state index in [0.29, 0.717) is 15.1 Å². The van der Waals surface area contributed by atoms with Gasteiger partial charge in [0, 0.05) is 24.2 Å². The van der Waals surface area contributed by atoms with Crippen LogP contribution < -0.4 is 5.32 Å². The smallest absolute Gasteiger partial charge is 0.358 e. The maximum absolute atomic E-state index is 12.1. The number of carbonyl (C=O) groups is 2. The minimum atomic E-state index is -0.663. The first-order chi connectivity index (χ1) is 13.3. The zero-order chi connectivity index (χ0) is 20.3. The number of carbonyl (C=O) groups excluding carboxylic acids is 2. The fraction of sp³-hybridized carbons (Fsp3) is 0.222. The average Bonchev–Trinajstić information content (AvgIpc) is 3.31. The number of hydrogen-bond acceptors (Lipinski definition) is 6. The molecule has 3 rings (SSSR count). The van der Waals surface area contributed by atoms with Gasteiger partial charge in [-0.25, -0.2) is 9.78 Å². The minimum absolute atomic E-state index is 0.147. The van der Waals surface area contributed by atoms with Crippen molar-refractivity contribution in [3.05, 3.63) is 57.3 Å². The van der Waals surface area contributed by atoms with E-state index in [1.807, 2.05) is 0 Å². The molecule has 0 bridgehead atoms.